The van der Waals surface area contributed by atoms with Crippen LogP contribution in [0, 0.1) is 0 Å². The third-order valence-corrected chi connectivity index (χ3v) is 6.60. The lowest BCUT2D eigenvalue weighted by molar-refractivity contribution is -0.120. The minimum atomic E-state index is -3.65. The van der Waals surface area contributed by atoms with Crippen molar-refractivity contribution in [2.75, 3.05) is 31.7 Å². The Morgan fingerprint density at radius 2 is 2.15 bits per heavy atom. The van der Waals surface area contributed by atoms with Crippen molar-refractivity contribution in [2.45, 2.75) is 19.6 Å². The summed E-state index contributed by atoms with van der Waals surface area (Å²) >= 11 is 5.98. The quantitative estimate of drug-likeness (QED) is 0.190. The van der Waals surface area contributed by atoms with Crippen LogP contribution in [0.15, 0.2) is 48.0 Å². The first-order valence-corrected chi connectivity index (χ1v) is 12.4. The lowest BCUT2D eigenvalue weighted by Crippen LogP contribution is -2.14. The fourth-order valence-corrected chi connectivity index (χ4v) is 4.52. The molecule has 3 rings (SSSR count). The Labute approximate surface area is 200 Å². The minimum absolute atomic E-state index is 0.00382. The molecule has 0 aliphatic rings. The Hall–Kier alpha value is -2.82. The Morgan fingerprint density at radius 1 is 1.32 bits per heavy atom. The molecule has 3 N–H and O–H groups in total. The molecule has 0 amide bonds. The molecule has 0 radical (unpaired) electrons. The summed E-state index contributed by atoms with van der Waals surface area (Å²) in [5, 5.41) is 0.520. The Bertz CT molecular complexity index is 1260. The molecule has 1 aromatic carbocycles. The summed E-state index contributed by atoms with van der Waals surface area (Å²) < 4.78 is 31.4. The standard InChI is InChI=1S/C21H25ClN5O6P/c1-2-4-17(28)13-33-34(30,32-12-15-5-3-6-16(22)11-15)10-9-31-8-7-27-14-24-18-19(27)25-21(23)26-20(18)29/h2-3,5-6,11,14H,1,4,7-10,12-13H2,(H3,23,25,26,29). The molecule has 0 saturated heterocycles. The Kier molecular flexibility index (Phi) is 9.14. The second kappa shape index (κ2) is 12.0. The number of fused-ring (bicyclic) bond motifs is 1. The number of halogens is 1. The van der Waals surface area contributed by atoms with Crippen LogP contribution in [-0.2, 0) is 36.3 Å². The number of benzene rings is 1. The fraction of sp³-hybridized carbons (Fsp3) is 0.333. The van der Waals surface area contributed by atoms with Crippen LogP contribution >= 0.6 is 19.2 Å². The lowest BCUT2D eigenvalue weighted by atomic mass is 10.2. The average Bonchev–Trinajstić information content (AvgIpc) is 3.20. The number of aromatic amines is 1. The third-order valence-electron chi connectivity index (χ3n) is 4.59. The van der Waals surface area contributed by atoms with Gasteiger partial charge in [-0.15, -0.1) is 6.58 Å². The van der Waals surface area contributed by atoms with Gasteiger partial charge >= 0.3 is 7.60 Å². The van der Waals surface area contributed by atoms with E-state index in [4.69, 9.17) is 31.1 Å². The van der Waals surface area contributed by atoms with E-state index in [2.05, 4.69) is 21.5 Å². The smallest absolute Gasteiger partial charge is 0.333 e. The first-order chi connectivity index (χ1) is 16.3. The van der Waals surface area contributed by atoms with E-state index in [9.17, 15) is 14.2 Å². The molecule has 0 spiro atoms. The monoisotopic (exact) mass is 509 g/mol. The van der Waals surface area contributed by atoms with Crippen LogP contribution in [0.1, 0.15) is 12.0 Å². The number of H-pyrrole nitrogens is 1. The summed E-state index contributed by atoms with van der Waals surface area (Å²) in [6.45, 7) is 3.73. The first kappa shape index (κ1) is 25.8. The number of imidazole rings is 1. The molecule has 13 heteroatoms. The van der Waals surface area contributed by atoms with Crippen LogP contribution in [0.2, 0.25) is 5.02 Å². The largest absolute Gasteiger partial charge is 0.379 e. The number of ether oxygens (including phenoxy) is 1. The maximum Gasteiger partial charge on any atom is 0.333 e. The molecule has 2 heterocycles. The number of aromatic nitrogens is 4. The van der Waals surface area contributed by atoms with E-state index in [1.807, 2.05) is 0 Å². The van der Waals surface area contributed by atoms with Crippen LogP contribution in [-0.4, -0.2) is 51.3 Å². The van der Waals surface area contributed by atoms with Gasteiger partial charge in [-0.3, -0.25) is 19.1 Å². The summed E-state index contributed by atoms with van der Waals surface area (Å²) in [6, 6.07) is 6.93. The van der Waals surface area contributed by atoms with Crippen molar-refractivity contribution in [3.63, 3.8) is 0 Å². The molecular weight excluding hydrogens is 485 g/mol. The van der Waals surface area contributed by atoms with E-state index in [0.29, 0.717) is 22.8 Å². The van der Waals surface area contributed by atoms with Crippen molar-refractivity contribution in [3.8, 4) is 0 Å². The van der Waals surface area contributed by atoms with Gasteiger partial charge in [0.25, 0.3) is 5.56 Å². The third kappa shape index (κ3) is 7.34. The molecule has 0 fully saturated rings. The minimum Gasteiger partial charge on any atom is -0.379 e. The van der Waals surface area contributed by atoms with Gasteiger partial charge in [-0.05, 0) is 17.7 Å². The van der Waals surface area contributed by atoms with Crippen LogP contribution in [0.25, 0.3) is 11.2 Å². The van der Waals surface area contributed by atoms with Crippen molar-refractivity contribution in [1.82, 2.24) is 19.5 Å². The highest BCUT2D eigenvalue weighted by atomic mass is 35.5. The SMILES string of the molecule is C=CCC(=O)COP(=O)(CCOCCn1cnc2c(=O)[nH]c(N)nc21)OCc1cccc(Cl)c1. The van der Waals surface area contributed by atoms with Gasteiger partial charge in [0.15, 0.2) is 16.9 Å². The summed E-state index contributed by atoms with van der Waals surface area (Å²) in [7, 11) is -3.65. The zero-order chi connectivity index (χ0) is 24.6. The molecule has 1 atom stereocenters. The number of nitrogens with one attached hydrogen (secondary N) is 1. The lowest BCUT2D eigenvalue weighted by Gasteiger charge is -2.18. The molecule has 182 valence electrons. The number of Topliss-reactive ketones (excluding diaryl/α,β-unsaturated/α-hetero) is 1. The number of ketones is 1. The molecule has 11 nitrogen and oxygen atoms in total. The number of nitrogen functional groups attached to an aromatic ring is 1. The first-order valence-electron chi connectivity index (χ1n) is 10.3. The van der Waals surface area contributed by atoms with Gasteiger partial charge in [-0.2, -0.15) is 4.98 Å². The van der Waals surface area contributed by atoms with E-state index in [-0.39, 0.29) is 56.3 Å². The summed E-state index contributed by atoms with van der Waals surface area (Å²) in [6.07, 6.45) is 2.95. The number of nitrogens with zero attached hydrogens (tertiary/aromatic N) is 3. The molecule has 3 aromatic rings. The van der Waals surface area contributed by atoms with Crippen molar-refractivity contribution in [3.05, 3.63) is 64.2 Å². The van der Waals surface area contributed by atoms with Crippen LogP contribution < -0.4 is 11.3 Å². The van der Waals surface area contributed by atoms with E-state index in [0.717, 1.165) is 0 Å². The number of anilines is 1. The van der Waals surface area contributed by atoms with E-state index >= 15 is 0 Å². The highest BCUT2D eigenvalue weighted by Crippen LogP contribution is 2.48. The van der Waals surface area contributed by atoms with Gasteiger partial charge in [-0.25, -0.2) is 4.98 Å². The number of allylic oxidation sites excluding steroid dienone is 1. The molecule has 0 saturated carbocycles. The van der Waals surface area contributed by atoms with Crippen LogP contribution in [0.5, 0.6) is 0 Å². The second-order valence-corrected chi connectivity index (χ2v) is 9.84. The maximum atomic E-state index is 13.2. The second-order valence-electron chi connectivity index (χ2n) is 7.22. The number of hydrogen-bond acceptors (Lipinski definition) is 9. The Balaban J connectivity index is 1.55. The summed E-state index contributed by atoms with van der Waals surface area (Å²) in [5.41, 5.74) is 6.38. The van der Waals surface area contributed by atoms with E-state index < -0.39 is 13.2 Å². The molecule has 0 aliphatic carbocycles. The Morgan fingerprint density at radius 3 is 2.91 bits per heavy atom. The van der Waals surface area contributed by atoms with Gasteiger partial charge in [0.1, 0.15) is 6.61 Å². The zero-order valence-corrected chi connectivity index (χ0v) is 20.0. The molecule has 0 aliphatic heterocycles. The highest BCUT2D eigenvalue weighted by Gasteiger charge is 2.26. The maximum absolute atomic E-state index is 13.2. The number of nitrogens with two attached hydrogens (primary N) is 1. The fourth-order valence-electron chi connectivity index (χ4n) is 2.93. The molecule has 2 aromatic heterocycles. The predicted octanol–water partition coefficient (Wildman–Crippen LogP) is 2.94. The van der Waals surface area contributed by atoms with E-state index in [1.165, 1.54) is 12.4 Å². The predicted molar refractivity (Wildman–Crippen MR) is 128 cm³/mol. The van der Waals surface area contributed by atoms with Crippen molar-refractivity contribution >= 4 is 42.1 Å². The van der Waals surface area contributed by atoms with E-state index in [1.54, 1.807) is 28.8 Å². The molecule has 0 bridgehead atoms. The zero-order valence-electron chi connectivity index (χ0n) is 18.3. The number of rotatable bonds is 14. The van der Waals surface area contributed by atoms with Gasteiger partial charge in [0.2, 0.25) is 5.95 Å². The van der Waals surface area contributed by atoms with Crippen LogP contribution in [0.4, 0.5) is 5.95 Å². The number of carbonyl (C=O) groups is 1. The number of hydrogen-bond donors (Lipinski definition) is 2. The molecule has 34 heavy (non-hydrogen) atoms. The summed E-state index contributed by atoms with van der Waals surface area (Å²) in [5.74, 6) is -0.280. The van der Waals surface area contributed by atoms with Gasteiger partial charge in [-0.1, -0.05) is 29.8 Å². The average molecular weight is 510 g/mol. The summed E-state index contributed by atoms with van der Waals surface area (Å²) in [4.78, 5) is 34.1. The number of carbonyl (C=O) groups excluding carboxylic acids is 1. The molecular formula is C21H25ClN5O6P. The molecule has 1 unspecified atom stereocenters. The topological polar surface area (TPSA) is 151 Å². The van der Waals surface area contributed by atoms with Crippen molar-refractivity contribution in [2.24, 2.45) is 0 Å². The van der Waals surface area contributed by atoms with Crippen molar-refractivity contribution in [1.29, 1.82) is 0 Å². The van der Waals surface area contributed by atoms with Crippen molar-refractivity contribution < 1.29 is 23.1 Å². The van der Waals surface area contributed by atoms with Gasteiger partial charge < -0.3 is 24.1 Å². The van der Waals surface area contributed by atoms with Gasteiger partial charge in [0.05, 0.1) is 32.3 Å². The normalized spacial score (nSPS) is 13.1. The highest BCUT2D eigenvalue weighted by molar-refractivity contribution is 7.53. The van der Waals surface area contributed by atoms with Gasteiger partial charge in [0, 0.05) is 18.0 Å². The van der Waals surface area contributed by atoms with Crippen LogP contribution in [0.3, 0.4) is 0 Å².